The van der Waals surface area contributed by atoms with Gasteiger partial charge in [-0.05, 0) is 43.7 Å². The molecule has 1 nitrogen and oxygen atoms in total. The Kier molecular flexibility index (Phi) is 1.26. The van der Waals surface area contributed by atoms with Gasteiger partial charge in [0.2, 0.25) is 0 Å². The first kappa shape index (κ1) is 5.72. The first-order valence-electron chi connectivity index (χ1n) is 4.08. The van der Waals surface area contributed by atoms with Crippen molar-refractivity contribution >= 4 is 0 Å². The lowest BCUT2D eigenvalue weighted by Crippen LogP contribution is -2.47. The lowest BCUT2D eigenvalue weighted by Gasteiger charge is -2.46. The maximum absolute atomic E-state index is 3.44. The van der Waals surface area contributed by atoms with Gasteiger partial charge in [0.05, 0.1) is 0 Å². The van der Waals surface area contributed by atoms with E-state index in [0.29, 0.717) is 0 Å². The van der Waals surface area contributed by atoms with E-state index in [2.05, 4.69) is 12.2 Å². The molecular weight excluding hydrogens is 110 g/mol. The van der Waals surface area contributed by atoms with E-state index < -0.39 is 0 Å². The lowest BCUT2D eigenvalue weighted by molar-refractivity contribution is 0.0542. The fourth-order valence-electron chi connectivity index (χ4n) is 2.41. The van der Waals surface area contributed by atoms with Crippen molar-refractivity contribution < 1.29 is 0 Å². The van der Waals surface area contributed by atoms with Crippen LogP contribution in [0.25, 0.3) is 0 Å². The average Bonchev–Trinajstić information content (AvgIpc) is 1.86. The molecule has 0 bridgehead atoms. The summed E-state index contributed by atoms with van der Waals surface area (Å²) in [5.74, 6) is 3.18. The summed E-state index contributed by atoms with van der Waals surface area (Å²) in [5.41, 5.74) is 0. The van der Waals surface area contributed by atoms with Crippen LogP contribution >= 0.6 is 0 Å². The highest BCUT2D eigenvalue weighted by molar-refractivity contribution is 4.90. The standard InChI is InChI=1S/C8H15N/c1-6-4-7-5-9-3-2-8(6)7/h6-9H,2-5H2,1H3/t6-,7?,8?/m0/s1. The maximum atomic E-state index is 3.44. The van der Waals surface area contributed by atoms with Gasteiger partial charge in [0.1, 0.15) is 0 Å². The van der Waals surface area contributed by atoms with Crippen molar-refractivity contribution in [3.8, 4) is 0 Å². The Morgan fingerprint density at radius 3 is 2.89 bits per heavy atom. The van der Waals surface area contributed by atoms with Gasteiger partial charge in [-0.1, -0.05) is 6.92 Å². The van der Waals surface area contributed by atoms with Gasteiger partial charge in [-0.15, -0.1) is 0 Å². The molecule has 0 aromatic heterocycles. The van der Waals surface area contributed by atoms with Crippen molar-refractivity contribution in [3.05, 3.63) is 0 Å². The van der Waals surface area contributed by atoms with Crippen LogP contribution in [0.5, 0.6) is 0 Å². The molecule has 52 valence electrons. The Morgan fingerprint density at radius 1 is 1.44 bits per heavy atom. The summed E-state index contributed by atoms with van der Waals surface area (Å²) in [6, 6.07) is 0. The third kappa shape index (κ3) is 0.787. The van der Waals surface area contributed by atoms with Crippen LogP contribution in [0, 0.1) is 17.8 Å². The zero-order valence-corrected chi connectivity index (χ0v) is 6.06. The Hall–Kier alpha value is -0.0400. The predicted molar refractivity (Wildman–Crippen MR) is 38.2 cm³/mol. The second-order valence-electron chi connectivity index (χ2n) is 3.63. The SMILES string of the molecule is C[C@H]1CC2CNCCC21. The second kappa shape index (κ2) is 1.98. The van der Waals surface area contributed by atoms with Crippen LogP contribution in [0.4, 0.5) is 0 Å². The molecule has 1 saturated carbocycles. The molecule has 2 rings (SSSR count). The molecule has 1 saturated heterocycles. The predicted octanol–water partition coefficient (Wildman–Crippen LogP) is 1.25. The minimum atomic E-state index is 1.04. The Labute approximate surface area is 56.8 Å². The normalized spacial score (nSPS) is 49.7. The highest BCUT2D eigenvalue weighted by atomic mass is 14.9. The topological polar surface area (TPSA) is 12.0 Å². The number of fused-ring (bicyclic) bond motifs is 1. The van der Waals surface area contributed by atoms with Gasteiger partial charge in [0.25, 0.3) is 0 Å². The average molecular weight is 125 g/mol. The first-order valence-corrected chi connectivity index (χ1v) is 4.08. The fourth-order valence-corrected chi connectivity index (χ4v) is 2.41. The van der Waals surface area contributed by atoms with E-state index in [0.717, 1.165) is 17.8 Å². The van der Waals surface area contributed by atoms with E-state index in [1.165, 1.54) is 25.9 Å². The molecule has 0 spiro atoms. The van der Waals surface area contributed by atoms with E-state index in [1.54, 1.807) is 0 Å². The maximum Gasteiger partial charge on any atom is -0.00177 e. The lowest BCUT2D eigenvalue weighted by atomic mass is 9.63. The van der Waals surface area contributed by atoms with Crippen molar-refractivity contribution in [2.45, 2.75) is 19.8 Å². The number of hydrogen-bond donors (Lipinski definition) is 1. The van der Waals surface area contributed by atoms with E-state index >= 15 is 0 Å². The zero-order chi connectivity index (χ0) is 6.27. The second-order valence-corrected chi connectivity index (χ2v) is 3.63. The zero-order valence-electron chi connectivity index (χ0n) is 6.06. The molecule has 0 aromatic rings. The van der Waals surface area contributed by atoms with Gasteiger partial charge in [-0.3, -0.25) is 0 Å². The van der Waals surface area contributed by atoms with Crippen molar-refractivity contribution in [2.75, 3.05) is 13.1 Å². The van der Waals surface area contributed by atoms with Crippen molar-refractivity contribution in [2.24, 2.45) is 17.8 Å². The molecule has 2 fully saturated rings. The van der Waals surface area contributed by atoms with Gasteiger partial charge < -0.3 is 5.32 Å². The van der Waals surface area contributed by atoms with E-state index in [9.17, 15) is 0 Å². The van der Waals surface area contributed by atoms with Crippen LogP contribution in [-0.4, -0.2) is 13.1 Å². The largest absolute Gasteiger partial charge is 0.316 e. The molecule has 2 unspecified atom stereocenters. The number of nitrogens with one attached hydrogen (secondary N) is 1. The van der Waals surface area contributed by atoms with Crippen molar-refractivity contribution in [1.82, 2.24) is 5.32 Å². The van der Waals surface area contributed by atoms with Crippen LogP contribution in [0.3, 0.4) is 0 Å². The summed E-state index contributed by atoms with van der Waals surface area (Å²) in [6.07, 6.45) is 2.92. The monoisotopic (exact) mass is 125 g/mol. The van der Waals surface area contributed by atoms with Crippen molar-refractivity contribution in [1.29, 1.82) is 0 Å². The highest BCUT2D eigenvalue weighted by Crippen LogP contribution is 2.43. The Bertz CT molecular complexity index is 109. The molecule has 9 heavy (non-hydrogen) atoms. The molecule has 1 N–H and O–H groups in total. The molecule has 0 radical (unpaired) electrons. The third-order valence-electron chi connectivity index (χ3n) is 3.07. The molecule has 3 atom stereocenters. The summed E-state index contributed by atoms with van der Waals surface area (Å²) in [7, 11) is 0. The fraction of sp³-hybridized carbons (Fsp3) is 1.00. The van der Waals surface area contributed by atoms with Gasteiger partial charge >= 0.3 is 0 Å². The summed E-state index contributed by atoms with van der Waals surface area (Å²) >= 11 is 0. The van der Waals surface area contributed by atoms with Crippen LogP contribution in [0.1, 0.15) is 19.8 Å². The van der Waals surface area contributed by atoms with Gasteiger partial charge in [-0.25, -0.2) is 0 Å². The molecule has 1 heterocycles. The van der Waals surface area contributed by atoms with Crippen molar-refractivity contribution in [3.63, 3.8) is 0 Å². The van der Waals surface area contributed by atoms with Gasteiger partial charge in [-0.2, -0.15) is 0 Å². The van der Waals surface area contributed by atoms with Gasteiger partial charge in [0.15, 0.2) is 0 Å². The van der Waals surface area contributed by atoms with Crippen LogP contribution in [0.2, 0.25) is 0 Å². The summed E-state index contributed by atoms with van der Waals surface area (Å²) in [6.45, 7) is 4.97. The molecule has 0 aromatic carbocycles. The van der Waals surface area contributed by atoms with Gasteiger partial charge in [0, 0.05) is 0 Å². The number of hydrogen-bond acceptors (Lipinski definition) is 1. The molecule has 0 amide bonds. The number of rotatable bonds is 0. The Morgan fingerprint density at radius 2 is 2.33 bits per heavy atom. The molecule has 1 heteroatoms. The van der Waals surface area contributed by atoms with E-state index in [1.807, 2.05) is 0 Å². The summed E-state index contributed by atoms with van der Waals surface area (Å²) in [4.78, 5) is 0. The van der Waals surface area contributed by atoms with E-state index in [4.69, 9.17) is 0 Å². The quantitative estimate of drug-likeness (QED) is 0.514. The Balaban J connectivity index is 1.94. The summed E-state index contributed by atoms with van der Waals surface area (Å²) < 4.78 is 0. The third-order valence-corrected chi connectivity index (χ3v) is 3.07. The highest BCUT2D eigenvalue weighted by Gasteiger charge is 2.38. The molecule has 1 aliphatic heterocycles. The smallest absolute Gasteiger partial charge is 0.00177 e. The van der Waals surface area contributed by atoms with E-state index in [-0.39, 0.29) is 0 Å². The number of piperidine rings is 1. The first-order chi connectivity index (χ1) is 4.38. The molecule has 1 aliphatic carbocycles. The molecular formula is C8H15N. The summed E-state index contributed by atoms with van der Waals surface area (Å²) in [5, 5.41) is 3.44. The minimum absolute atomic E-state index is 1.04. The minimum Gasteiger partial charge on any atom is -0.316 e. The molecule has 2 aliphatic rings. The van der Waals surface area contributed by atoms with Crippen LogP contribution < -0.4 is 5.32 Å². The van der Waals surface area contributed by atoms with Crippen LogP contribution in [-0.2, 0) is 0 Å². The van der Waals surface area contributed by atoms with Crippen LogP contribution in [0.15, 0.2) is 0 Å².